The van der Waals surface area contributed by atoms with Gasteiger partial charge < -0.3 is 10.4 Å². The zero-order chi connectivity index (χ0) is 15.8. The molecule has 0 aliphatic carbocycles. The number of benzene rings is 2. The normalized spacial score (nSPS) is 10.5. The van der Waals surface area contributed by atoms with Crippen molar-refractivity contribution in [1.82, 2.24) is 0 Å². The van der Waals surface area contributed by atoms with Crippen molar-refractivity contribution < 1.29 is 9.90 Å². The second kappa shape index (κ2) is 8.83. The molecule has 0 radical (unpaired) electrons. The van der Waals surface area contributed by atoms with Gasteiger partial charge in [-0.3, -0.25) is 4.79 Å². The second-order valence-corrected chi connectivity index (χ2v) is 6.32. The molecular formula is C17H18ClNO2S. The predicted molar refractivity (Wildman–Crippen MR) is 93.2 cm³/mol. The number of aliphatic hydroxyl groups excluding tert-OH is 1. The highest BCUT2D eigenvalue weighted by molar-refractivity contribution is 7.98. The fourth-order valence-corrected chi connectivity index (χ4v) is 2.96. The van der Waals surface area contributed by atoms with Crippen molar-refractivity contribution in [1.29, 1.82) is 0 Å². The molecule has 2 aromatic carbocycles. The van der Waals surface area contributed by atoms with Crippen LogP contribution in [0.25, 0.3) is 0 Å². The van der Waals surface area contributed by atoms with Crippen LogP contribution in [0.1, 0.15) is 17.5 Å². The highest BCUT2D eigenvalue weighted by Gasteiger charge is 2.05. The number of amides is 1. The SMILES string of the molecule is O=C(CCSCc1ccc(CO)cc1)Nc1ccccc1Cl. The van der Waals surface area contributed by atoms with Crippen LogP contribution in [0.5, 0.6) is 0 Å². The molecule has 3 nitrogen and oxygen atoms in total. The van der Waals surface area contributed by atoms with Crippen molar-refractivity contribution in [3.05, 3.63) is 64.7 Å². The number of nitrogens with one attached hydrogen (secondary N) is 1. The summed E-state index contributed by atoms with van der Waals surface area (Å²) >= 11 is 7.70. The Balaban J connectivity index is 1.69. The number of anilines is 1. The average molecular weight is 336 g/mol. The fourth-order valence-electron chi connectivity index (χ4n) is 1.87. The first-order chi connectivity index (χ1) is 10.7. The molecule has 5 heteroatoms. The van der Waals surface area contributed by atoms with Crippen LogP contribution >= 0.6 is 23.4 Å². The van der Waals surface area contributed by atoms with E-state index in [-0.39, 0.29) is 12.5 Å². The van der Waals surface area contributed by atoms with Crippen molar-refractivity contribution in [2.24, 2.45) is 0 Å². The van der Waals surface area contributed by atoms with Gasteiger partial charge in [-0.25, -0.2) is 0 Å². The Bertz CT molecular complexity index is 616. The number of halogens is 1. The van der Waals surface area contributed by atoms with E-state index in [0.29, 0.717) is 17.1 Å². The maximum Gasteiger partial charge on any atom is 0.225 e. The largest absolute Gasteiger partial charge is 0.392 e. The summed E-state index contributed by atoms with van der Waals surface area (Å²) in [5, 5.41) is 12.3. The van der Waals surface area contributed by atoms with E-state index in [4.69, 9.17) is 16.7 Å². The van der Waals surface area contributed by atoms with Crippen molar-refractivity contribution in [3.8, 4) is 0 Å². The third kappa shape index (κ3) is 5.37. The molecule has 22 heavy (non-hydrogen) atoms. The number of thioether (sulfide) groups is 1. The molecule has 0 spiro atoms. The number of rotatable bonds is 7. The highest BCUT2D eigenvalue weighted by atomic mass is 35.5. The van der Waals surface area contributed by atoms with Gasteiger partial charge in [0.2, 0.25) is 5.91 Å². The molecule has 0 bridgehead atoms. The summed E-state index contributed by atoms with van der Waals surface area (Å²) in [5.41, 5.74) is 2.75. The molecule has 2 N–H and O–H groups in total. The van der Waals surface area contributed by atoms with Crippen LogP contribution in [-0.4, -0.2) is 16.8 Å². The van der Waals surface area contributed by atoms with Gasteiger partial charge in [-0.1, -0.05) is 48.0 Å². The average Bonchev–Trinajstić information content (AvgIpc) is 2.54. The lowest BCUT2D eigenvalue weighted by Gasteiger charge is -2.07. The molecule has 0 fully saturated rings. The van der Waals surface area contributed by atoms with Crippen LogP contribution in [0.15, 0.2) is 48.5 Å². The van der Waals surface area contributed by atoms with Crippen LogP contribution in [-0.2, 0) is 17.2 Å². The van der Waals surface area contributed by atoms with Gasteiger partial charge in [0.05, 0.1) is 17.3 Å². The molecule has 0 aromatic heterocycles. The van der Waals surface area contributed by atoms with Gasteiger partial charge in [-0.15, -0.1) is 0 Å². The maximum absolute atomic E-state index is 11.8. The quantitative estimate of drug-likeness (QED) is 0.749. The number of hydrogen-bond donors (Lipinski definition) is 2. The Morgan fingerprint density at radius 2 is 1.77 bits per heavy atom. The molecular weight excluding hydrogens is 318 g/mol. The van der Waals surface area contributed by atoms with Crippen molar-refractivity contribution >= 4 is 35.0 Å². The molecule has 0 saturated carbocycles. The lowest BCUT2D eigenvalue weighted by atomic mass is 10.2. The Hall–Kier alpha value is -1.49. The van der Waals surface area contributed by atoms with Crippen LogP contribution in [0.2, 0.25) is 5.02 Å². The summed E-state index contributed by atoms with van der Waals surface area (Å²) in [6, 6.07) is 15.0. The summed E-state index contributed by atoms with van der Waals surface area (Å²) in [6.07, 6.45) is 0.449. The molecule has 0 atom stereocenters. The van der Waals surface area contributed by atoms with E-state index >= 15 is 0 Å². The minimum atomic E-state index is -0.0313. The number of carbonyl (C=O) groups is 1. The molecule has 0 heterocycles. The van der Waals surface area contributed by atoms with E-state index in [2.05, 4.69) is 5.32 Å². The van der Waals surface area contributed by atoms with Crippen LogP contribution in [0.4, 0.5) is 5.69 Å². The van der Waals surface area contributed by atoms with Gasteiger partial charge in [0.15, 0.2) is 0 Å². The van der Waals surface area contributed by atoms with E-state index in [0.717, 1.165) is 17.1 Å². The summed E-state index contributed by atoms with van der Waals surface area (Å²) < 4.78 is 0. The van der Waals surface area contributed by atoms with Crippen molar-refractivity contribution in [3.63, 3.8) is 0 Å². The molecule has 0 saturated heterocycles. The Labute approximate surface area is 139 Å². The number of carbonyl (C=O) groups excluding carboxylic acids is 1. The van der Waals surface area contributed by atoms with Gasteiger partial charge in [-0.05, 0) is 23.3 Å². The van der Waals surface area contributed by atoms with Gasteiger partial charge >= 0.3 is 0 Å². The molecule has 1 amide bonds. The first-order valence-corrected chi connectivity index (χ1v) is 8.53. The number of para-hydroxylation sites is 1. The summed E-state index contributed by atoms with van der Waals surface area (Å²) in [7, 11) is 0. The standard InChI is InChI=1S/C17H18ClNO2S/c18-15-3-1-2-4-16(15)19-17(21)9-10-22-12-14-7-5-13(11-20)6-8-14/h1-8,20H,9-12H2,(H,19,21). The van der Waals surface area contributed by atoms with E-state index in [1.54, 1.807) is 23.9 Å². The zero-order valence-electron chi connectivity index (χ0n) is 12.1. The number of aliphatic hydroxyl groups is 1. The van der Waals surface area contributed by atoms with E-state index in [9.17, 15) is 4.79 Å². The van der Waals surface area contributed by atoms with E-state index < -0.39 is 0 Å². The second-order valence-electron chi connectivity index (χ2n) is 4.81. The van der Waals surface area contributed by atoms with Gasteiger partial charge in [0, 0.05) is 17.9 Å². The molecule has 2 rings (SSSR count). The molecule has 0 unspecified atom stereocenters. The topological polar surface area (TPSA) is 49.3 Å². The summed E-state index contributed by atoms with van der Waals surface area (Å²) in [6.45, 7) is 0.0651. The zero-order valence-corrected chi connectivity index (χ0v) is 13.7. The van der Waals surface area contributed by atoms with Gasteiger partial charge in [-0.2, -0.15) is 11.8 Å². The summed E-state index contributed by atoms with van der Waals surface area (Å²) in [4.78, 5) is 11.8. The first kappa shape index (κ1) is 16.9. The Morgan fingerprint density at radius 1 is 1.09 bits per heavy atom. The van der Waals surface area contributed by atoms with Crippen LogP contribution < -0.4 is 5.32 Å². The smallest absolute Gasteiger partial charge is 0.225 e. The maximum atomic E-state index is 11.8. The van der Waals surface area contributed by atoms with E-state index in [1.165, 1.54) is 5.56 Å². The van der Waals surface area contributed by atoms with Gasteiger partial charge in [0.1, 0.15) is 0 Å². The highest BCUT2D eigenvalue weighted by Crippen LogP contribution is 2.21. The minimum absolute atomic E-state index is 0.0313. The number of hydrogen-bond acceptors (Lipinski definition) is 3. The monoisotopic (exact) mass is 335 g/mol. The van der Waals surface area contributed by atoms with Crippen LogP contribution in [0.3, 0.4) is 0 Å². The third-order valence-corrected chi connectivity index (χ3v) is 4.46. The predicted octanol–water partition coefficient (Wildman–Crippen LogP) is 4.09. The third-order valence-electron chi connectivity index (χ3n) is 3.10. The fraction of sp³-hybridized carbons (Fsp3) is 0.235. The Kier molecular flexibility index (Phi) is 6.77. The Morgan fingerprint density at radius 3 is 2.45 bits per heavy atom. The van der Waals surface area contributed by atoms with Crippen molar-refractivity contribution in [2.75, 3.05) is 11.1 Å². The first-order valence-electron chi connectivity index (χ1n) is 7.00. The van der Waals surface area contributed by atoms with Crippen LogP contribution in [0, 0.1) is 0 Å². The summed E-state index contributed by atoms with van der Waals surface area (Å²) in [5.74, 6) is 1.57. The minimum Gasteiger partial charge on any atom is -0.392 e. The molecule has 2 aromatic rings. The lowest BCUT2D eigenvalue weighted by Crippen LogP contribution is -2.12. The van der Waals surface area contributed by atoms with Crippen molar-refractivity contribution in [2.45, 2.75) is 18.8 Å². The van der Waals surface area contributed by atoms with E-state index in [1.807, 2.05) is 36.4 Å². The molecule has 0 aliphatic heterocycles. The molecule has 116 valence electrons. The van der Waals surface area contributed by atoms with Gasteiger partial charge in [0.25, 0.3) is 0 Å². The molecule has 0 aliphatic rings. The lowest BCUT2D eigenvalue weighted by molar-refractivity contribution is -0.115.